The molecular weight excluding hydrogens is 222 g/mol. The third-order valence-corrected chi connectivity index (χ3v) is 2.82. The molecule has 0 spiro atoms. The van der Waals surface area contributed by atoms with Gasteiger partial charge in [0.25, 0.3) is 0 Å². The summed E-state index contributed by atoms with van der Waals surface area (Å²) in [6, 6.07) is 3.99. The van der Waals surface area contributed by atoms with Gasteiger partial charge in [0.1, 0.15) is 10.9 Å². The first-order chi connectivity index (χ1) is 7.78. The number of pyridine rings is 1. The Labute approximate surface area is 97.9 Å². The fourth-order valence-corrected chi connectivity index (χ4v) is 1.95. The summed E-state index contributed by atoms with van der Waals surface area (Å²) >= 11 is 1.44. The van der Waals surface area contributed by atoms with Crippen LogP contribution in [0.2, 0.25) is 0 Å². The third-order valence-electron chi connectivity index (χ3n) is 2.00. The highest BCUT2D eigenvalue weighted by molar-refractivity contribution is 7.99. The summed E-state index contributed by atoms with van der Waals surface area (Å²) in [7, 11) is 0. The van der Waals surface area contributed by atoms with Crippen LogP contribution in [0, 0.1) is 6.92 Å². The van der Waals surface area contributed by atoms with Crippen LogP contribution < -0.4 is 5.73 Å². The van der Waals surface area contributed by atoms with E-state index in [0.717, 1.165) is 22.8 Å². The zero-order valence-electron chi connectivity index (χ0n) is 8.97. The molecule has 0 saturated carbocycles. The standard InChI is InChI=1S/C10H13N5S/c1-7-13-10(15-14-7)16-9-3-2-8(4-5-11)6-12-9/h2-3,6H,4-5,11H2,1H3,(H,13,14,15). The van der Waals surface area contributed by atoms with E-state index in [-0.39, 0.29) is 0 Å². The minimum atomic E-state index is 0.647. The van der Waals surface area contributed by atoms with Crippen LogP contribution in [0.3, 0.4) is 0 Å². The number of nitrogens with two attached hydrogens (primary N) is 1. The summed E-state index contributed by atoms with van der Waals surface area (Å²) in [6.45, 7) is 2.52. The maximum Gasteiger partial charge on any atom is 0.214 e. The van der Waals surface area contributed by atoms with Crippen molar-refractivity contribution in [1.82, 2.24) is 20.2 Å². The van der Waals surface area contributed by atoms with E-state index in [1.54, 1.807) is 0 Å². The lowest BCUT2D eigenvalue weighted by molar-refractivity contribution is 0.939. The van der Waals surface area contributed by atoms with E-state index in [2.05, 4.69) is 20.2 Å². The highest BCUT2D eigenvalue weighted by Gasteiger charge is 2.03. The summed E-state index contributed by atoms with van der Waals surface area (Å²) in [6.07, 6.45) is 2.70. The van der Waals surface area contributed by atoms with Crippen LogP contribution in [-0.2, 0) is 6.42 Å². The van der Waals surface area contributed by atoms with Crippen LogP contribution in [0.25, 0.3) is 0 Å². The molecule has 2 aromatic heterocycles. The van der Waals surface area contributed by atoms with Gasteiger partial charge in [-0.2, -0.15) is 0 Å². The smallest absolute Gasteiger partial charge is 0.214 e. The number of hydrogen-bond acceptors (Lipinski definition) is 5. The van der Waals surface area contributed by atoms with Crippen LogP contribution >= 0.6 is 11.8 Å². The van der Waals surface area contributed by atoms with Crippen molar-refractivity contribution in [3.05, 3.63) is 29.7 Å². The second kappa shape index (κ2) is 5.09. The predicted octanol–water partition coefficient (Wildman–Crippen LogP) is 1.16. The monoisotopic (exact) mass is 235 g/mol. The molecule has 16 heavy (non-hydrogen) atoms. The Hall–Kier alpha value is -1.40. The Morgan fingerprint density at radius 1 is 1.44 bits per heavy atom. The third kappa shape index (κ3) is 2.80. The van der Waals surface area contributed by atoms with Crippen molar-refractivity contribution in [3.8, 4) is 0 Å². The summed E-state index contributed by atoms with van der Waals surface area (Å²) in [5, 5.41) is 8.41. The molecule has 0 aliphatic carbocycles. The van der Waals surface area contributed by atoms with Crippen LogP contribution in [0.4, 0.5) is 0 Å². The lowest BCUT2D eigenvalue weighted by atomic mass is 10.2. The van der Waals surface area contributed by atoms with Gasteiger partial charge in [0.05, 0.1) is 0 Å². The quantitative estimate of drug-likeness (QED) is 0.831. The van der Waals surface area contributed by atoms with Gasteiger partial charge in [0, 0.05) is 6.20 Å². The van der Waals surface area contributed by atoms with E-state index in [0.29, 0.717) is 11.7 Å². The summed E-state index contributed by atoms with van der Waals surface area (Å²) in [4.78, 5) is 8.52. The molecule has 5 nitrogen and oxygen atoms in total. The summed E-state index contributed by atoms with van der Waals surface area (Å²) in [5.41, 5.74) is 6.62. The van der Waals surface area contributed by atoms with Gasteiger partial charge in [-0.1, -0.05) is 6.07 Å². The summed E-state index contributed by atoms with van der Waals surface area (Å²) < 4.78 is 0. The number of aromatic nitrogens is 4. The number of aryl methyl sites for hydroxylation is 1. The topological polar surface area (TPSA) is 80.5 Å². The SMILES string of the molecule is Cc1nc(Sc2ccc(CCN)cn2)n[nH]1. The molecule has 3 N–H and O–H groups in total. The number of aromatic amines is 1. The summed E-state index contributed by atoms with van der Waals surface area (Å²) in [5.74, 6) is 0.808. The molecule has 0 fully saturated rings. The van der Waals surface area contributed by atoms with Gasteiger partial charge in [-0.05, 0) is 43.3 Å². The first kappa shape index (κ1) is 11.1. The zero-order chi connectivity index (χ0) is 11.4. The highest BCUT2D eigenvalue weighted by Crippen LogP contribution is 2.22. The van der Waals surface area contributed by atoms with Crippen molar-refractivity contribution in [2.24, 2.45) is 5.73 Å². The zero-order valence-corrected chi connectivity index (χ0v) is 9.79. The number of hydrogen-bond donors (Lipinski definition) is 2. The Morgan fingerprint density at radius 3 is 2.88 bits per heavy atom. The number of rotatable bonds is 4. The Bertz CT molecular complexity index is 450. The fraction of sp³-hybridized carbons (Fsp3) is 0.300. The van der Waals surface area contributed by atoms with Gasteiger partial charge >= 0.3 is 0 Å². The molecule has 0 aliphatic heterocycles. The molecule has 2 aromatic rings. The normalized spacial score (nSPS) is 10.6. The van der Waals surface area contributed by atoms with Gasteiger partial charge in [-0.15, -0.1) is 5.10 Å². The first-order valence-electron chi connectivity index (χ1n) is 5.00. The molecule has 0 unspecified atom stereocenters. The molecule has 0 radical (unpaired) electrons. The number of H-pyrrole nitrogens is 1. The molecule has 6 heteroatoms. The van der Waals surface area contributed by atoms with E-state index >= 15 is 0 Å². The van der Waals surface area contributed by atoms with E-state index in [1.165, 1.54) is 11.8 Å². The minimum Gasteiger partial charge on any atom is -0.330 e. The van der Waals surface area contributed by atoms with Crippen molar-refractivity contribution in [1.29, 1.82) is 0 Å². The van der Waals surface area contributed by atoms with E-state index in [1.807, 2.05) is 25.3 Å². The van der Waals surface area contributed by atoms with Crippen molar-refractivity contribution >= 4 is 11.8 Å². The van der Waals surface area contributed by atoms with Crippen molar-refractivity contribution in [2.75, 3.05) is 6.54 Å². The van der Waals surface area contributed by atoms with Crippen molar-refractivity contribution in [2.45, 2.75) is 23.5 Å². The van der Waals surface area contributed by atoms with E-state index in [9.17, 15) is 0 Å². The Morgan fingerprint density at radius 2 is 2.31 bits per heavy atom. The van der Waals surface area contributed by atoms with Gasteiger partial charge in [-0.25, -0.2) is 9.97 Å². The Balaban J connectivity index is 2.05. The van der Waals surface area contributed by atoms with Crippen molar-refractivity contribution < 1.29 is 0 Å². The van der Waals surface area contributed by atoms with Gasteiger partial charge in [0.15, 0.2) is 0 Å². The molecule has 2 rings (SSSR count). The molecule has 2 heterocycles. The average Bonchev–Trinajstić information content (AvgIpc) is 2.67. The van der Waals surface area contributed by atoms with Crippen LogP contribution in [0.1, 0.15) is 11.4 Å². The fourth-order valence-electron chi connectivity index (χ4n) is 1.25. The Kier molecular flexibility index (Phi) is 3.53. The molecule has 0 bridgehead atoms. The lowest BCUT2D eigenvalue weighted by Gasteiger charge is -1.99. The molecule has 0 atom stereocenters. The predicted molar refractivity (Wildman–Crippen MR) is 62.2 cm³/mol. The molecule has 0 amide bonds. The van der Waals surface area contributed by atoms with E-state index in [4.69, 9.17) is 5.73 Å². The highest BCUT2D eigenvalue weighted by atomic mass is 32.2. The van der Waals surface area contributed by atoms with Gasteiger partial charge in [0.2, 0.25) is 5.16 Å². The van der Waals surface area contributed by atoms with Crippen LogP contribution in [-0.4, -0.2) is 26.7 Å². The van der Waals surface area contributed by atoms with Gasteiger partial charge < -0.3 is 5.73 Å². The molecular formula is C10H13N5S. The maximum absolute atomic E-state index is 5.47. The molecule has 0 saturated heterocycles. The van der Waals surface area contributed by atoms with E-state index < -0.39 is 0 Å². The second-order valence-electron chi connectivity index (χ2n) is 3.35. The maximum atomic E-state index is 5.47. The first-order valence-corrected chi connectivity index (χ1v) is 5.81. The largest absolute Gasteiger partial charge is 0.330 e. The molecule has 0 aromatic carbocycles. The second-order valence-corrected chi connectivity index (χ2v) is 4.34. The number of nitrogens with zero attached hydrogens (tertiary/aromatic N) is 3. The van der Waals surface area contributed by atoms with Crippen molar-refractivity contribution in [3.63, 3.8) is 0 Å². The van der Waals surface area contributed by atoms with Crippen LogP contribution in [0.15, 0.2) is 28.5 Å². The molecule has 0 aliphatic rings. The van der Waals surface area contributed by atoms with Gasteiger partial charge in [-0.3, -0.25) is 5.10 Å². The minimum absolute atomic E-state index is 0.647. The number of nitrogens with one attached hydrogen (secondary N) is 1. The van der Waals surface area contributed by atoms with Crippen LogP contribution in [0.5, 0.6) is 0 Å². The molecule has 84 valence electrons. The lowest BCUT2D eigenvalue weighted by Crippen LogP contribution is -2.02. The average molecular weight is 235 g/mol.